The first-order valence-corrected chi connectivity index (χ1v) is 7.16. The van der Waals surface area contributed by atoms with Crippen LogP contribution in [0.5, 0.6) is 0 Å². The van der Waals surface area contributed by atoms with Crippen molar-refractivity contribution in [1.29, 1.82) is 0 Å². The maximum Gasteiger partial charge on any atom is 0.0499 e. The van der Waals surface area contributed by atoms with Crippen LogP contribution in [0.1, 0.15) is 44.4 Å². The standard InChI is InChI=1S/C16H28N2O/c1-12(2)18(10-5-11-19)16(14(4)17)15-8-6-13(3)7-9-15/h6-9,12,14,16,19H,5,10-11,17H2,1-4H3. The highest BCUT2D eigenvalue weighted by molar-refractivity contribution is 5.25. The Kier molecular flexibility index (Phi) is 6.49. The molecule has 3 nitrogen and oxygen atoms in total. The molecule has 1 aromatic carbocycles. The fourth-order valence-corrected chi connectivity index (χ4v) is 2.53. The minimum Gasteiger partial charge on any atom is -0.396 e. The number of aliphatic hydroxyl groups is 1. The van der Waals surface area contributed by atoms with Crippen LogP contribution in [-0.4, -0.2) is 35.2 Å². The maximum atomic E-state index is 9.07. The molecule has 0 aliphatic rings. The predicted molar refractivity (Wildman–Crippen MR) is 81.1 cm³/mol. The van der Waals surface area contributed by atoms with Crippen molar-refractivity contribution in [2.75, 3.05) is 13.2 Å². The molecule has 1 aromatic rings. The molecule has 2 atom stereocenters. The number of hydrogen-bond donors (Lipinski definition) is 2. The van der Waals surface area contributed by atoms with Gasteiger partial charge in [0.05, 0.1) is 0 Å². The number of hydrogen-bond acceptors (Lipinski definition) is 3. The molecule has 3 N–H and O–H groups in total. The first-order chi connectivity index (χ1) is 8.97. The Morgan fingerprint density at radius 2 is 1.74 bits per heavy atom. The van der Waals surface area contributed by atoms with Gasteiger partial charge in [0.2, 0.25) is 0 Å². The molecule has 0 aromatic heterocycles. The van der Waals surface area contributed by atoms with Crippen molar-refractivity contribution in [2.45, 2.75) is 52.2 Å². The molecule has 0 saturated heterocycles. The first-order valence-electron chi connectivity index (χ1n) is 7.16. The Bertz CT molecular complexity index is 360. The van der Waals surface area contributed by atoms with Crippen molar-refractivity contribution in [3.63, 3.8) is 0 Å². The Hall–Kier alpha value is -0.900. The molecule has 19 heavy (non-hydrogen) atoms. The fourth-order valence-electron chi connectivity index (χ4n) is 2.53. The van der Waals surface area contributed by atoms with Crippen molar-refractivity contribution in [3.05, 3.63) is 35.4 Å². The van der Waals surface area contributed by atoms with Gasteiger partial charge in [-0.1, -0.05) is 29.8 Å². The highest BCUT2D eigenvalue weighted by atomic mass is 16.3. The van der Waals surface area contributed by atoms with Gasteiger partial charge in [0, 0.05) is 31.3 Å². The van der Waals surface area contributed by atoms with E-state index in [-0.39, 0.29) is 18.7 Å². The molecule has 0 bridgehead atoms. The molecule has 0 spiro atoms. The zero-order chi connectivity index (χ0) is 14.4. The molecule has 0 saturated carbocycles. The Labute approximate surface area is 117 Å². The van der Waals surface area contributed by atoms with E-state index in [2.05, 4.69) is 56.9 Å². The summed E-state index contributed by atoms with van der Waals surface area (Å²) >= 11 is 0. The Morgan fingerprint density at radius 1 is 1.16 bits per heavy atom. The molecule has 108 valence electrons. The number of aryl methyl sites for hydroxylation is 1. The summed E-state index contributed by atoms with van der Waals surface area (Å²) in [4.78, 5) is 2.38. The lowest BCUT2D eigenvalue weighted by molar-refractivity contribution is 0.123. The summed E-state index contributed by atoms with van der Waals surface area (Å²) in [5.41, 5.74) is 8.73. The summed E-state index contributed by atoms with van der Waals surface area (Å²) in [6.07, 6.45) is 0.785. The number of rotatable bonds is 7. The molecule has 0 heterocycles. The van der Waals surface area contributed by atoms with Gasteiger partial charge in [0.25, 0.3) is 0 Å². The van der Waals surface area contributed by atoms with Crippen LogP contribution in [0.15, 0.2) is 24.3 Å². The number of benzene rings is 1. The molecule has 0 aliphatic heterocycles. The minimum absolute atomic E-state index is 0.0591. The molecule has 0 amide bonds. The van der Waals surface area contributed by atoms with Gasteiger partial charge in [-0.3, -0.25) is 4.90 Å². The molecule has 3 heteroatoms. The monoisotopic (exact) mass is 264 g/mol. The van der Waals surface area contributed by atoms with Crippen LogP contribution < -0.4 is 5.73 Å². The zero-order valence-corrected chi connectivity index (χ0v) is 12.6. The lowest BCUT2D eigenvalue weighted by atomic mass is 9.96. The third-order valence-corrected chi connectivity index (χ3v) is 3.51. The average Bonchev–Trinajstić information content (AvgIpc) is 2.35. The molecule has 0 fully saturated rings. The minimum atomic E-state index is 0.0591. The summed E-state index contributed by atoms with van der Waals surface area (Å²) in [5.74, 6) is 0. The topological polar surface area (TPSA) is 49.5 Å². The number of aliphatic hydroxyl groups excluding tert-OH is 1. The zero-order valence-electron chi connectivity index (χ0n) is 12.6. The van der Waals surface area contributed by atoms with Crippen LogP contribution in [0.4, 0.5) is 0 Å². The van der Waals surface area contributed by atoms with E-state index in [1.807, 2.05) is 0 Å². The van der Waals surface area contributed by atoms with Crippen molar-refractivity contribution < 1.29 is 5.11 Å². The second-order valence-electron chi connectivity index (χ2n) is 5.62. The van der Waals surface area contributed by atoms with Crippen LogP contribution >= 0.6 is 0 Å². The Balaban J connectivity index is 2.99. The largest absolute Gasteiger partial charge is 0.396 e. The van der Waals surface area contributed by atoms with Crippen LogP contribution in [0, 0.1) is 6.92 Å². The van der Waals surface area contributed by atoms with Crippen LogP contribution in [0.25, 0.3) is 0 Å². The molecule has 2 unspecified atom stereocenters. The second kappa shape index (κ2) is 7.63. The van der Waals surface area contributed by atoms with Gasteiger partial charge in [-0.2, -0.15) is 0 Å². The van der Waals surface area contributed by atoms with Crippen molar-refractivity contribution in [2.24, 2.45) is 5.73 Å². The SMILES string of the molecule is Cc1ccc(C(C(C)N)N(CCCO)C(C)C)cc1. The van der Waals surface area contributed by atoms with E-state index in [4.69, 9.17) is 10.8 Å². The van der Waals surface area contributed by atoms with Crippen molar-refractivity contribution >= 4 is 0 Å². The third kappa shape index (κ3) is 4.60. The fraction of sp³-hybridized carbons (Fsp3) is 0.625. The van der Waals surface area contributed by atoms with Gasteiger partial charge in [-0.25, -0.2) is 0 Å². The predicted octanol–water partition coefficient (Wildman–Crippen LogP) is 2.48. The van der Waals surface area contributed by atoms with Crippen LogP contribution in [-0.2, 0) is 0 Å². The lowest BCUT2D eigenvalue weighted by Gasteiger charge is -2.37. The summed E-state index contributed by atoms with van der Waals surface area (Å²) < 4.78 is 0. The normalized spacial score (nSPS) is 14.9. The van der Waals surface area contributed by atoms with Gasteiger partial charge in [-0.05, 0) is 39.7 Å². The van der Waals surface area contributed by atoms with Gasteiger partial charge in [-0.15, -0.1) is 0 Å². The molecule has 0 radical (unpaired) electrons. The smallest absolute Gasteiger partial charge is 0.0499 e. The summed E-state index contributed by atoms with van der Waals surface area (Å²) in [6, 6.07) is 9.26. The van der Waals surface area contributed by atoms with E-state index in [0.717, 1.165) is 13.0 Å². The third-order valence-electron chi connectivity index (χ3n) is 3.51. The van der Waals surface area contributed by atoms with E-state index in [0.29, 0.717) is 6.04 Å². The lowest BCUT2D eigenvalue weighted by Crippen LogP contribution is -2.43. The molecular weight excluding hydrogens is 236 g/mol. The van der Waals surface area contributed by atoms with E-state index in [1.165, 1.54) is 11.1 Å². The highest BCUT2D eigenvalue weighted by Gasteiger charge is 2.25. The highest BCUT2D eigenvalue weighted by Crippen LogP contribution is 2.26. The van der Waals surface area contributed by atoms with E-state index >= 15 is 0 Å². The van der Waals surface area contributed by atoms with Gasteiger partial charge < -0.3 is 10.8 Å². The van der Waals surface area contributed by atoms with Crippen LogP contribution in [0.2, 0.25) is 0 Å². The van der Waals surface area contributed by atoms with Crippen LogP contribution in [0.3, 0.4) is 0 Å². The first kappa shape index (κ1) is 16.2. The molecular formula is C16H28N2O. The molecule has 0 aliphatic carbocycles. The Morgan fingerprint density at radius 3 is 2.16 bits per heavy atom. The maximum absolute atomic E-state index is 9.07. The van der Waals surface area contributed by atoms with Crippen molar-refractivity contribution in [1.82, 2.24) is 4.90 Å². The summed E-state index contributed by atoms with van der Waals surface area (Å²) in [5, 5.41) is 9.07. The summed E-state index contributed by atoms with van der Waals surface area (Å²) in [6.45, 7) is 9.61. The quantitative estimate of drug-likeness (QED) is 0.795. The van der Waals surface area contributed by atoms with Gasteiger partial charge in [0.1, 0.15) is 0 Å². The molecule has 1 rings (SSSR count). The number of nitrogens with zero attached hydrogens (tertiary/aromatic N) is 1. The second-order valence-corrected chi connectivity index (χ2v) is 5.62. The van der Waals surface area contributed by atoms with Gasteiger partial charge in [0.15, 0.2) is 0 Å². The average molecular weight is 264 g/mol. The van der Waals surface area contributed by atoms with E-state index in [1.54, 1.807) is 0 Å². The van der Waals surface area contributed by atoms with E-state index < -0.39 is 0 Å². The van der Waals surface area contributed by atoms with Crippen molar-refractivity contribution in [3.8, 4) is 0 Å². The van der Waals surface area contributed by atoms with Gasteiger partial charge >= 0.3 is 0 Å². The van der Waals surface area contributed by atoms with E-state index in [9.17, 15) is 0 Å². The number of nitrogens with two attached hydrogens (primary N) is 1. The summed E-state index contributed by atoms with van der Waals surface area (Å²) in [7, 11) is 0.